The van der Waals surface area contributed by atoms with Gasteiger partial charge in [-0.1, -0.05) is 0 Å². The highest BCUT2D eigenvalue weighted by atomic mass is 79.9. The van der Waals surface area contributed by atoms with E-state index < -0.39 is 0 Å². The van der Waals surface area contributed by atoms with Crippen LogP contribution in [0.15, 0.2) is 39.1 Å². The Morgan fingerprint density at radius 1 is 1.48 bits per heavy atom. The van der Waals surface area contributed by atoms with Gasteiger partial charge in [0.2, 0.25) is 0 Å². The predicted octanol–water partition coefficient (Wildman–Crippen LogP) is 4.76. The smallest absolute Gasteiger partial charge is 0.138 e. The number of halogens is 1. The molecule has 0 fully saturated rings. The molecule has 1 aromatic carbocycles. The summed E-state index contributed by atoms with van der Waals surface area (Å²) in [6, 6.07) is 7.68. The van der Waals surface area contributed by atoms with Gasteiger partial charge in [-0.05, 0) is 52.8 Å². The number of rotatable bonds is 4. The Morgan fingerprint density at radius 2 is 2.29 bits per heavy atom. The van der Waals surface area contributed by atoms with Crippen molar-refractivity contribution in [3.05, 3.63) is 45.0 Å². The lowest BCUT2D eigenvalue weighted by Gasteiger charge is -2.05. The Balaban J connectivity index is 2.20. The summed E-state index contributed by atoms with van der Waals surface area (Å²) in [5, 5.41) is 25.6. The van der Waals surface area contributed by atoms with E-state index >= 15 is 0 Å². The molecule has 7 heteroatoms. The molecule has 1 N–H and O–H groups in total. The van der Waals surface area contributed by atoms with E-state index in [4.69, 9.17) is 5.26 Å². The summed E-state index contributed by atoms with van der Waals surface area (Å²) in [7, 11) is 0. The third-order valence-electron chi connectivity index (χ3n) is 2.45. The van der Waals surface area contributed by atoms with Gasteiger partial charge in [-0.25, -0.2) is 4.98 Å². The fourth-order valence-electron chi connectivity index (χ4n) is 1.50. The number of benzene rings is 1. The number of hydrogen-bond acceptors (Lipinski definition) is 6. The second-order valence-electron chi connectivity index (χ2n) is 3.94. The Kier molecular flexibility index (Phi) is 5.40. The first-order chi connectivity index (χ1) is 10.1. The van der Waals surface area contributed by atoms with Gasteiger partial charge in [0.25, 0.3) is 0 Å². The largest absolute Gasteiger partial charge is 0.359 e. The number of thiocyanates is 1. The molecule has 104 valence electrons. The van der Waals surface area contributed by atoms with Crippen molar-refractivity contribution in [1.82, 2.24) is 4.98 Å². The Labute approximate surface area is 139 Å². The SMILES string of the molecule is Cc1csc(/C(C#N)=C/Nc2ccc(SC#N)cc2Br)n1. The van der Waals surface area contributed by atoms with Crippen LogP contribution in [0.1, 0.15) is 10.7 Å². The fourth-order valence-corrected chi connectivity index (χ4v) is 3.32. The van der Waals surface area contributed by atoms with E-state index in [9.17, 15) is 5.26 Å². The van der Waals surface area contributed by atoms with Crippen LogP contribution < -0.4 is 5.32 Å². The third kappa shape index (κ3) is 4.08. The summed E-state index contributed by atoms with van der Waals surface area (Å²) in [6.07, 6.45) is 1.63. The highest BCUT2D eigenvalue weighted by molar-refractivity contribution is 9.10. The van der Waals surface area contributed by atoms with Gasteiger partial charge < -0.3 is 5.32 Å². The fraction of sp³-hybridized carbons (Fsp3) is 0.0714. The van der Waals surface area contributed by atoms with Crippen molar-refractivity contribution in [3.63, 3.8) is 0 Å². The molecule has 0 bridgehead atoms. The van der Waals surface area contributed by atoms with Crippen molar-refractivity contribution in [3.8, 4) is 11.5 Å². The van der Waals surface area contributed by atoms with Crippen molar-refractivity contribution in [2.45, 2.75) is 11.8 Å². The molecule has 0 radical (unpaired) electrons. The standard InChI is InChI=1S/C14H9BrN4S2/c1-9-7-20-14(19-9)10(5-16)6-18-13-3-2-11(21-8-17)4-12(13)15/h2-4,6-7,18H,1H3/b10-6+. The van der Waals surface area contributed by atoms with Crippen molar-refractivity contribution >= 4 is 50.3 Å². The second kappa shape index (κ2) is 7.28. The first kappa shape index (κ1) is 15.6. The minimum atomic E-state index is 0.482. The molecular formula is C14H9BrN4S2. The summed E-state index contributed by atoms with van der Waals surface area (Å²) >= 11 is 5.98. The number of anilines is 1. The minimum absolute atomic E-state index is 0.482. The van der Waals surface area contributed by atoms with E-state index in [1.54, 1.807) is 6.20 Å². The Bertz CT molecular complexity index is 768. The number of aryl methyl sites for hydroxylation is 1. The van der Waals surface area contributed by atoms with Gasteiger partial charge in [0, 0.05) is 26.6 Å². The van der Waals surface area contributed by atoms with Crippen LogP contribution in [0.3, 0.4) is 0 Å². The maximum absolute atomic E-state index is 9.21. The number of allylic oxidation sites excluding steroid dienone is 1. The Hall–Kier alpha value is -1.80. The van der Waals surface area contributed by atoms with E-state index in [0.29, 0.717) is 10.6 Å². The molecule has 0 saturated carbocycles. The van der Waals surface area contributed by atoms with Gasteiger partial charge in [-0.15, -0.1) is 11.3 Å². The summed E-state index contributed by atoms with van der Waals surface area (Å²) < 4.78 is 0.826. The molecule has 0 atom stereocenters. The molecule has 0 amide bonds. The van der Waals surface area contributed by atoms with Crippen molar-refractivity contribution in [2.75, 3.05) is 5.32 Å². The Morgan fingerprint density at radius 3 is 2.86 bits per heavy atom. The van der Waals surface area contributed by atoms with Gasteiger partial charge in [0.15, 0.2) is 0 Å². The van der Waals surface area contributed by atoms with E-state index in [1.807, 2.05) is 35.9 Å². The number of thioether (sulfide) groups is 1. The van der Waals surface area contributed by atoms with Crippen LogP contribution in [0.25, 0.3) is 5.57 Å². The van der Waals surface area contributed by atoms with Crippen molar-refractivity contribution < 1.29 is 0 Å². The lowest BCUT2D eigenvalue weighted by atomic mass is 10.3. The first-order valence-electron chi connectivity index (χ1n) is 5.79. The molecule has 4 nitrogen and oxygen atoms in total. The van der Waals surface area contributed by atoms with E-state index in [-0.39, 0.29) is 0 Å². The predicted molar refractivity (Wildman–Crippen MR) is 89.7 cm³/mol. The average Bonchev–Trinajstić information content (AvgIpc) is 2.88. The highest BCUT2D eigenvalue weighted by Gasteiger charge is 2.06. The lowest BCUT2D eigenvalue weighted by Crippen LogP contribution is -1.92. The molecule has 0 aliphatic heterocycles. The number of nitrogens with one attached hydrogen (secondary N) is 1. The first-order valence-corrected chi connectivity index (χ1v) is 8.27. The molecule has 0 aliphatic rings. The zero-order valence-corrected chi connectivity index (χ0v) is 14.1. The van der Waals surface area contributed by atoms with E-state index in [0.717, 1.165) is 32.5 Å². The number of hydrogen-bond donors (Lipinski definition) is 1. The van der Waals surface area contributed by atoms with Gasteiger partial charge in [0.05, 0.1) is 5.69 Å². The van der Waals surface area contributed by atoms with Crippen molar-refractivity contribution in [2.24, 2.45) is 0 Å². The second-order valence-corrected chi connectivity index (χ2v) is 6.51. The van der Waals surface area contributed by atoms with Gasteiger partial charge >= 0.3 is 0 Å². The zero-order chi connectivity index (χ0) is 15.2. The van der Waals surface area contributed by atoms with E-state index in [2.05, 4.69) is 32.3 Å². The average molecular weight is 377 g/mol. The summed E-state index contributed by atoms with van der Waals surface area (Å²) in [5.41, 5.74) is 2.20. The summed E-state index contributed by atoms with van der Waals surface area (Å²) in [6.45, 7) is 1.89. The third-order valence-corrected chi connectivity index (χ3v) is 4.68. The number of nitriles is 2. The van der Waals surface area contributed by atoms with Crippen LogP contribution in [0.5, 0.6) is 0 Å². The van der Waals surface area contributed by atoms with Crippen LogP contribution in [0.4, 0.5) is 5.69 Å². The topological polar surface area (TPSA) is 72.5 Å². The van der Waals surface area contributed by atoms with Crippen LogP contribution in [0.2, 0.25) is 0 Å². The molecule has 0 aliphatic carbocycles. The number of thiazole rings is 1. The monoisotopic (exact) mass is 376 g/mol. The molecule has 1 aromatic heterocycles. The van der Waals surface area contributed by atoms with Crippen LogP contribution in [0, 0.1) is 28.9 Å². The molecular weight excluding hydrogens is 368 g/mol. The lowest BCUT2D eigenvalue weighted by molar-refractivity contribution is 1.24. The molecule has 2 aromatic rings. The summed E-state index contributed by atoms with van der Waals surface area (Å²) in [4.78, 5) is 5.15. The van der Waals surface area contributed by atoms with E-state index in [1.165, 1.54) is 11.3 Å². The van der Waals surface area contributed by atoms with Crippen molar-refractivity contribution in [1.29, 1.82) is 10.5 Å². The van der Waals surface area contributed by atoms with Crippen LogP contribution in [-0.2, 0) is 0 Å². The highest BCUT2D eigenvalue weighted by Crippen LogP contribution is 2.29. The molecule has 1 heterocycles. The minimum Gasteiger partial charge on any atom is -0.359 e. The zero-order valence-electron chi connectivity index (χ0n) is 10.9. The molecule has 2 rings (SSSR count). The molecule has 0 saturated heterocycles. The normalized spacial score (nSPS) is 10.8. The van der Waals surface area contributed by atoms with Crippen LogP contribution in [-0.4, -0.2) is 4.98 Å². The van der Waals surface area contributed by atoms with Gasteiger partial charge in [-0.3, -0.25) is 0 Å². The molecule has 0 spiro atoms. The maximum atomic E-state index is 9.21. The van der Waals surface area contributed by atoms with Gasteiger partial charge in [-0.2, -0.15) is 10.5 Å². The quantitative estimate of drug-likeness (QED) is 0.472. The number of aromatic nitrogens is 1. The molecule has 0 unspecified atom stereocenters. The number of nitrogens with zero attached hydrogens (tertiary/aromatic N) is 3. The van der Waals surface area contributed by atoms with Crippen LogP contribution >= 0.6 is 39.0 Å². The van der Waals surface area contributed by atoms with Gasteiger partial charge in [0.1, 0.15) is 22.1 Å². The maximum Gasteiger partial charge on any atom is 0.138 e. The summed E-state index contributed by atoms with van der Waals surface area (Å²) in [5.74, 6) is 0. The molecule has 21 heavy (non-hydrogen) atoms.